The molecule has 116 valence electrons. The van der Waals surface area contributed by atoms with E-state index in [1.807, 2.05) is 18.4 Å². The fraction of sp³-hybridized carbons (Fsp3) is 0.625. The highest BCUT2D eigenvalue weighted by atomic mass is 32.1. The van der Waals surface area contributed by atoms with Gasteiger partial charge < -0.3 is 10.4 Å². The van der Waals surface area contributed by atoms with Crippen molar-refractivity contribution in [1.29, 1.82) is 0 Å². The maximum absolute atomic E-state index is 12.4. The van der Waals surface area contributed by atoms with Crippen LogP contribution in [0, 0.1) is 5.92 Å². The van der Waals surface area contributed by atoms with Crippen molar-refractivity contribution in [3.8, 4) is 0 Å². The highest BCUT2D eigenvalue weighted by Crippen LogP contribution is 2.24. The van der Waals surface area contributed by atoms with Gasteiger partial charge in [0.2, 0.25) is 0 Å². The summed E-state index contributed by atoms with van der Waals surface area (Å²) < 4.78 is 0. The highest BCUT2D eigenvalue weighted by Gasteiger charge is 2.30. The number of thiophene rings is 1. The molecule has 1 aromatic heterocycles. The topological polar surface area (TPSA) is 66.4 Å². The zero-order chi connectivity index (χ0) is 15.2. The van der Waals surface area contributed by atoms with Crippen LogP contribution in [0.2, 0.25) is 0 Å². The second-order valence-corrected chi connectivity index (χ2v) is 6.56. The molecule has 1 fully saturated rings. The van der Waals surface area contributed by atoms with Gasteiger partial charge in [-0.1, -0.05) is 32.6 Å². The Bertz CT molecular complexity index is 497. The number of carbonyl (C=O) groups excluding carboxylic acids is 1. The Morgan fingerprint density at radius 2 is 2.00 bits per heavy atom. The minimum Gasteiger partial charge on any atom is -0.481 e. The molecular weight excluding hydrogens is 286 g/mol. The molecule has 1 heterocycles. The number of nitrogens with one attached hydrogen (secondary N) is 1. The van der Waals surface area contributed by atoms with E-state index >= 15 is 0 Å². The fourth-order valence-electron chi connectivity index (χ4n) is 3.00. The van der Waals surface area contributed by atoms with E-state index in [1.165, 1.54) is 11.3 Å². The molecule has 0 aliphatic heterocycles. The molecule has 1 amide bonds. The number of aliphatic carboxylic acids is 1. The molecule has 2 atom stereocenters. The summed E-state index contributed by atoms with van der Waals surface area (Å²) in [5.74, 6) is -1.36. The van der Waals surface area contributed by atoms with E-state index in [4.69, 9.17) is 0 Å². The number of aryl methyl sites for hydroxylation is 1. The number of carbonyl (C=O) groups is 2. The molecule has 0 aromatic carbocycles. The van der Waals surface area contributed by atoms with Crippen LogP contribution in [0.3, 0.4) is 0 Å². The van der Waals surface area contributed by atoms with Crippen molar-refractivity contribution in [3.05, 3.63) is 21.9 Å². The van der Waals surface area contributed by atoms with Gasteiger partial charge in [0.1, 0.15) is 0 Å². The average Bonchev–Trinajstić information content (AvgIpc) is 2.89. The second-order valence-electron chi connectivity index (χ2n) is 5.64. The van der Waals surface area contributed by atoms with Gasteiger partial charge in [0.15, 0.2) is 0 Å². The second kappa shape index (κ2) is 7.59. The normalized spacial score (nSPS) is 23.1. The number of hydrogen-bond donors (Lipinski definition) is 2. The summed E-state index contributed by atoms with van der Waals surface area (Å²) in [6.45, 7) is 2.02. The molecule has 0 bridgehead atoms. The Labute approximate surface area is 129 Å². The Morgan fingerprint density at radius 3 is 2.67 bits per heavy atom. The van der Waals surface area contributed by atoms with Gasteiger partial charge in [-0.2, -0.15) is 0 Å². The van der Waals surface area contributed by atoms with Crippen LogP contribution in [-0.4, -0.2) is 23.0 Å². The minimum absolute atomic E-state index is 0.112. The number of hydrogen-bond acceptors (Lipinski definition) is 3. The molecule has 1 aliphatic carbocycles. The highest BCUT2D eigenvalue weighted by molar-refractivity contribution is 7.12. The third-order valence-electron chi connectivity index (χ3n) is 4.23. The number of rotatable bonds is 4. The molecule has 21 heavy (non-hydrogen) atoms. The third kappa shape index (κ3) is 4.06. The first-order valence-corrected chi connectivity index (χ1v) is 8.61. The number of amides is 1. The van der Waals surface area contributed by atoms with E-state index in [0.29, 0.717) is 6.42 Å². The lowest BCUT2D eigenvalue weighted by Gasteiger charge is -2.27. The first-order valence-electron chi connectivity index (χ1n) is 7.73. The van der Waals surface area contributed by atoms with Crippen LogP contribution >= 0.6 is 11.3 Å². The van der Waals surface area contributed by atoms with Crippen molar-refractivity contribution in [2.45, 2.75) is 57.9 Å². The summed E-state index contributed by atoms with van der Waals surface area (Å²) in [5.41, 5.74) is 1.04. The van der Waals surface area contributed by atoms with Gasteiger partial charge in [-0.05, 0) is 36.3 Å². The van der Waals surface area contributed by atoms with E-state index in [0.717, 1.165) is 49.0 Å². The number of carboxylic acids is 1. The van der Waals surface area contributed by atoms with E-state index in [9.17, 15) is 14.7 Å². The van der Waals surface area contributed by atoms with Gasteiger partial charge in [-0.15, -0.1) is 11.3 Å². The lowest BCUT2D eigenvalue weighted by atomic mass is 9.86. The summed E-state index contributed by atoms with van der Waals surface area (Å²) in [6, 6.07) is 1.72. The predicted octanol–water partition coefficient (Wildman–Crippen LogP) is 3.46. The number of carboxylic acid groups (broad SMARTS) is 1. The van der Waals surface area contributed by atoms with E-state index in [1.54, 1.807) is 0 Å². The molecule has 2 unspecified atom stereocenters. The first kappa shape index (κ1) is 16.0. The summed E-state index contributed by atoms with van der Waals surface area (Å²) in [7, 11) is 0. The monoisotopic (exact) mass is 309 g/mol. The Kier molecular flexibility index (Phi) is 5.79. The average molecular weight is 309 g/mol. The van der Waals surface area contributed by atoms with Gasteiger partial charge in [0.25, 0.3) is 5.91 Å². The Hall–Kier alpha value is -1.36. The molecule has 4 nitrogen and oxygen atoms in total. The summed E-state index contributed by atoms with van der Waals surface area (Å²) in [6.07, 6.45) is 6.37. The lowest BCUT2D eigenvalue weighted by molar-refractivity contribution is -0.143. The fourth-order valence-corrected chi connectivity index (χ4v) is 3.90. The summed E-state index contributed by atoms with van der Waals surface area (Å²) in [4.78, 5) is 24.6. The van der Waals surface area contributed by atoms with Crippen molar-refractivity contribution in [2.24, 2.45) is 5.92 Å². The maximum Gasteiger partial charge on any atom is 0.308 e. The van der Waals surface area contributed by atoms with E-state index < -0.39 is 11.9 Å². The zero-order valence-electron chi connectivity index (χ0n) is 12.4. The van der Waals surface area contributed by atoms with Crippen LogP contribution in [0.1, 0.15) is 60.7 Å². The minimum atomic E-state index is -0.788. The van der Waals surface area contributed by atoms with Crippen molar-refractivity contribution < 1.29 is 14.7 Å². The smallest absolute Gasteiger partial charge is 0.308 e. The molecular formula is C16H23NO3S. The SMILES string of the molecule is CCc1ccsc1C(=O)NC1CCCCCCC1C(=O)O. The van der Waals surface area contributed by atoms with Crippen molar-refractivity contribution in [2.75, 3.05) is 0 Å². The quantitative estimate of drug-likeness (QED) is 0.895. The van der Waals surface area contributed by atoms with Crippen molar-refractivity contribution in [3.63, 3.8) is 0 Å². The van der Waals surface area contributed by atoms with Crippen molar-refractivity contribution >= 4 is 23.2 Å². The lowest BCUT2D eigenvalue weighted by Crippen LogP contribution is -2.43. The molecule has 0 saturated heterocycles. The largest absolute Gasteiger partial charge is 0.481 e. The molecule has 2 N–H and O–H groups in total. The van der Waals surface area contributed by atoms with Crippen LogP contribution in [0.25, 0.3) is 0 Å². The summed E-state index contributed by atoms with van der Waals surface area (Å²) >= 11 is 1.43. The molecule has 0 radical (unpaired) electrons. The standard InChI is InChI=1S/C16H23NO3S/c1-2-11-9-10-21-14(11)15(18)17-13-8-6-4-3-5-7-12(13)16(19)20/h9-10,12-13H,2-8H2,1H3,(H,17,18)(H,19,20). The van der Waals surface area contributed by atoms with Gasteiger partial charge in [-0.25, -0.2) is 0 Å². The van der Waals surface area contributed by atoms with Crippen LogP contribution in [0.15, 0.2) is 11.4 Å². The van der Waals surface area contributed by atoms with Gasteiger partial charge in [-0.3, -0.25) is 9.59 Å². The Morgan fingerprint density at radius 1 is 1.29 bits per heavy atom. The Balaban J connectivity index is 2.09. The summed E-state index contributed by atoms with van der Waals surface area (Å²) in [5, 5.41) is 14.3. The van der Waals surface area contributed by atoms with Gasteiger partial charge in [0, 0.05) is 6.04 Å². The third-order valence-corrected chi connectivity index (χ3v) is 5.19. The van der Waals surface area contributed by atoms with Crippen LogP contribution in [-0.2, 0) is 11.2 Å². The van der Waals surface area contributed by atoms with Crippen molar-refractivity contribution in [1.82, 2.24) is 5.32 Å². The van der Waals surface area contributed by atoms with Gasteiger partial charge in [0.05, 0.1) is 10.8 Å². The molecule has 1 aliphatic rings. The van der Waals surface area contributed by atoms with Gasteiger partial charge >= 0.3 is 5.97 Å². The first-order chi connectivity index (χ1) is 10.1. The van der Waals surface area contributed by atoms with Crippen LogP contribution in [0.5, 0.6) is 0 Å². The molecule has 0 spiro atoms. The zero-order valence-corrected chi connectivity index (χ0v) is 13.2. The predicted molar refractivity (Wildman–Crippen MR) is 83.8 cm³/mol. The maximum atomic E-state index is 12.4. The molecule has 5 heteroatoms. The van der Waals surface area contributed by atoms with E-state index in [2.05, 4.69) is 5.32 Å². The molecule has 1 aromatic rings. The molecule has 1 saturated carbocycles. The van der Waals surface area contributed by atoms with E-state index in [-0.39, 0.29) is 11.9 Å². The molecule has 2 rings (SSSR count). The van der Waals surface area contributed by atoms with Crippen LogP contribution in [0.4, 0.5) is 0 Å². The van der Waals surface area contributed by atoms with Crippen LogP contribution < -0.4 is 5.32 Å².